The second-order valence-electron chi connectivity index (χ2n) is 8.08. The molecule has 1 aliphatic heterocycles. The van der Waals surface area contributed by atoms with E-state index in [9.17, 15) is 13.2 Å². The van der Waals surface area contributed by atoms with E-state index in [0.29, 0.717) is 24.3 Å². The molecular formula is C26H29N3O4S. The number of likely N-dealkylation sites (N-methyl/N-ethyl adjacent to an activating group) is 1. The summed E-state index contributed by atoms with van der Waals surface area (Å²) in [7, 11) is -3.55. The zero-order chi connectivity index (χ0) is 24.0. The number of sulfonamides is 1. The fourth-order valence-corrected chi connectivity index (χ4v) is 5.31. The molecule has 8 heteroatoms. The lowest BCUT2D eigenvalue weighted by molar-refractivity contribution is 0.102. The summed E-state index contributed by atoms with van der Waals surface area (Å²) in [4.78, 5) is 15.4. The van der Waals surface area contributed by atoms with E-state index >= 15 is 0 Å². The smallest absolute Gasteiger partial charge is 0.256 e. The van der Waals surface area contributed by atoms with Crippen molar-refractivity contribution in [3.8, 4) is 5.75 Å². The third kappa shape index (κ3) is 5.64. The highest BCUT2D eigenvalue weighted by atomic mass is 32.2. The van der Waals surface area contributed by atoms with Gasteiger partial charge >= 0.3 is 0 Å². The molecule has 1 N–H and O–H groups in total. The topological polar surface area (TPSA) is 79.0 Å². The van der Waals surface area contributed by atoms with Crippen molar-refractivity contribution >= 4 is 21.6 Å². The van der Waals surface area contributed by atoms with E-state index in [4.69, 9.17) is 4.74 Å². The highest BCUT2D eigenvalue weighted by molar-refractivity contribution is 7.89. The molecule has 0 bridgehead atoms. The van der Waals surface area contributed by atoms with E-state index in [1.165, 1.54) is 4.31 Å². The van der Waals surface area contributed by atoms with Crippen LogP contribution in [0.15, 0.2) is 83.8 Å². The van der Waals surface area contributed by atoms with Crippen LogP contribution in [0.4, 0.5) is 5.69 Å². The van der Waals surface area contributed by atoms with E-state index < -0.39 is 10.0 Å². The fraction of sp³-hybridized carbons (Fsp3) is 0.269. The highest BCUT2D eigenvalue weighted by Gasteiger charge is 2.28. The second-order valence-corrected chi connectivity index (χ2v) is 10.0. The van der Waals surface area contributed by atoms with Crippen LogP contribution < -0.4 is 10.1 Å². The first-order chi connectivity index (χ1) is 16.5. The predicted molar refractivity (Wildman–Crippen MR) is 132 cm³/mol. The average molecular weight is 480 g/mol. The van der Waals surface area contributed by atoms with Gasteiger partial charge in [-0.25, -0.2) is 8.42 Å². The average Bonchev–Trinajstić information content (AvgIpc) is 2.88. The zero-order valence-corrected chi connectivity index (χ0v) is 20.0. The van der Waals surface area contributed by atoms with Crippen LogP contribution in [0, 0.1) is 0 Å². The molecule has 4 rings (SSSR count). The molecule has 1 aliphatic rings. The van der Waals surface area contributed by atoms with Gasteiger partial charge < -0.3 is 15.0 Å². The summed E-state index contributed by atoms with van der Waals surface area (Å²) in [5.74, 6) is 0.448. The SMILES string of the molecule is CCN1CCN(S(=O)(=O)c2ccc(NC(=O)c3ccccc3COc3ccccc3)cc2)CC1. The molecule has 34 heavy (non-hydrogen) atoms. The van der Waals surface area contributed by atoms with Gasteiger partial charge in [0.1, 0.15) is 12.4 Å². The first kappa shape index (κ1) is 23.9. The molecule has 0 radical (unpaired) electrons. The summed E-state index contributed by atoms with van der Waals surface area (Å²) in [6, 6.07) is 23.0. The maximum atomic E-state index is 13.0. The van der Waals surface area contributed by atoms with Crippen molar-refractivity contribution in [3.05, 3.63) is 90.0 Å². The Morgan fingerprint density at radius 2 is 1.53 bits per heavy atom. The van der Waals surface area contributed by atoms with Gasteiger partial charge in [0.25, 0.3) is 5.91 Å². The number of ether oxygens (including phenoxy) is 1. The van der Waals surface area contributed by atoms with Gasteiger partial charge in [-0.1, -0.05) is 43.3 Å². The van der Waals surface area contributed by atoms with Crippen molar-refractivity contribution in [1.29, 1.82) is 0 Å². The normalized spacial score (nSPS) is 15.1. The van der Waals surface area contributed by atoms with Crippen molar-refractivity contribution in [2.75, 3.05) is 38.0 Å². The van der Waals surface area contributed by atoms with Gasteiger partial charge in [-0.2, -0.15) is 4.31 Å². The lowest BCUT2D eigenvalue weighted by Crippen LogP contribution is -2.48. The molecule has 0 spiro atoms. The summed E-state index contributed by atoms with van der Waals surface area (Å²) < 4.78 is 33.3. The Labute approximate surface area is 201 Å². The number of nitrogens with one attached hydrogen (secondary N) is 1. The van der Waals surface area contributed by atoms with Gasteiger partial charge in [0, 0.05) is 43.0 Å². The number of hydrogen-bond acceptors (Lipinski definition) is 5. The van der Waals surface area contributed by atoms with Gasteiger partial charge in [0.05, 0.1) is 4.90 Å². The summed E-state index contributed by atoms with van der Waals surface area (Å²) in [6.07, 6.45) is 0. The zero-order valence-electron chi connectivity index (χ0n) is 19.2. The largest absolute Gasteiger partial charge is 0.489 e. The number of nitrogens with zero attached hydrogens (tertiary/aromatic N) is 2. The van der Waals surface area contributed by atoms with Gasteiger partial charge in [-0.3, -0.25) is 4.79 Å². The number of carbonyl (C=O) groups is 1. The number of para-hydroxylation sites is 1. The van der Waals surface area contributed by atoms with Crippen LogP contribution in [0.1, 0.15) is 22.8 Å². The molecule has 3 aromatic carbocycles. The Hall–Kier alpha value is -3.20. The Bertz CT molecular complexity index is 1210. The quantitative estimate of drug-likeness (QED) is 0.531. The number of amides is 1. The molecule has 0 aromatic heterocycles. The van der Waals surface area contributed by atoms with Gasteiger partial charge in [0.2, 0.25) is 10.0 Å². The molecule has 3 aromatic rings. The lowest BCUT2D eigenvalue weighted by Gasteiger charge is -2.33. The fourth-order valence-electron chi connectivity index (χ4n) is 3.89. The number of carbonyl (C=O) groups excluding carboxylic acids is 1. The molecule has 0 saturated carbocycles. The van der Waals surface area contributed by atoms with Crippen LogP contribution in [0.3, 0.4) is 0 Å². The summed E-state index contributed by atoms with van der Waals surface area (Å²) in [5.41, 5.74) is 1.79. The van der Waals surface area contributed by atoms with Crippen LogP contribution in [-0.4, -0.2) is 56.3 Å². The van der Waals surface area contributed by atoms with Crippen molar-refractivity contribution in [2.24, 2.45) is 0 Å². The Kier molecular flexibility index (Phi) is 7.62. The number of piperazine rings is 1. The maximum absolute atomic E-state index is 13.0. The summed E-state index contributed by atoms with van der Waals surface area (Å²) in [5, 5.41) is 2.86. The standard InChI is InChI=1S/C26H29N3O4S/c1-2-28-16-18-29(19-17-28)34(31,32)24-14-12-22(13-15-24)27-26(30)25-11-7-6-8-21(25)20-33-23-9-4-3-5-10-23/h3-15H,2,16-20H2,1H3,(H,27,30). The van der Waals surface area contributed by atoms with E-state index in [1.807, 2.05) is 42.5 Å². The van der Waals surface area contributed by atoms with E-state index in [2.05, 4.69) is 17.1 Å². The number of hydrogen-bond donors (Lipinski definition) is 1. The summed E-state index contributed by atoms with van der Waals surface area (Å²) in [6.45, 7) is 5.69. The van der Waals surface area contributed by atoms with Crippen LogP contribution in [-0.2, 0) is 16.6 Å². The Morgan fingerprint density at radius 3 is 2.21 bits per heavy atom. The van der Waals surface area contributed by atoms with Crippen molar-refractivity contribution in [1.82, 2.24) is 9.21 Å². The van der Waals surface area contributed by atoms with E-state index in [-0.39, 0.29) is 17.4 Å². The lowest BCUT2D eigenvalue weighted by atomic mass is 10.1. The Balaban J connectivity index is 1.41. The number of rotatable bonds is 8. The molecule has 1 heterocycles. The molecule has 1 fully saturated rings. The van der Waals surface area contributed by atoms with Crippen LogP contribution in [0.5, 0.6) is 5.75 Å². The molecule has 178 valence electrons. The van der Waals surface area contributed by atoms with Crippen LogP contribution in [0.25, 0.3) is 0 Å². The first-order valence-electron chi connectivity index (χ1n) is 11.4. The molecule has 1 amide bonds. The van der Waals surface area contributed by atoms with Crippen molar-refractivity contribution in [2.45, 2.75) is 18.4 Å². The second kappa shape index (κ2) is 10.8. The molecule has 0 aliphatic carbocycles. The minimum absolute atomic E-state index is 0.229. The van der Waals surface area contributed by atoms with Crippen molar-refractivity contribution in [3.63, 3.8) is 0 Å². The van der Waals surface area contributed by atoms with Gasteiger partial charge in [-0.05, 0) is 49.0 Å². The molecule has 0 atom stereocenters. The van der Waals surface area contributed by atoms with Gasteiger partial charge in [-0.15, -0.1) is 0 Å². The molecular weight excluding hydrogens is 450 g/mol. The van der Waals surface area contributed by atoms with Crippen LogP contribution >= 0.6 is 0 Å². The minimum Gasteiger partial charge on any atom is -0.489 e. The van der Waals surface area contributed by atoms with Crippen LogP contribution in [0.2, 0.25) is 0 Å². The minimum atomic E-state index is -3.55. The van der Waals surface area contributed by atoms with Gasteiger partial charge in [0.15, 0.2) is 0 Å². The number of benzene rings is 3. The Morgan fingerprint density at radius 1 is 0.882 bits per heavy atom. The number of anilines is 1. The van der Waals surface area contributed by atoms with E-state index in [0.717, 1.165) is 30.9 Å². The predicted octanol–water partition coefficient (Wildman–Crippen LogP) is 3.84. The van der Waals surface area contributed by atoms with Crippen molar-refractivity contribution < 1.29 is 17.9 Å². The van der Waals surface area contributed by atoms with E-state index in [1.54, 1.807) is 36.4 Å². The molecule has 0 unspecified atom stereocenters. The molecule has 7 nitrogen and oxygen atoms in total. The third-order valence-electron chi connectivity index (χ3n) is 5.93. The maximum Gasteiger partial charge on any atom is 0.256 e. The highest BCUT2D eigenvalue weighted by Crippen LogP contribution is 2.21. The monoisotopic (exact) mass is 479 g/mol. The molecule has 1 saturated heterocycles. The third-order valence-corrected chi connectivity index (χ3v) is 7.84. The summed E-state index contributed by atoms with van der Waals surface area (Å²) >= 11 is 0. The first-order valence-corrected chi connectivity index (χ1v) is 12.8.